The number of halogens is 1. The highest BCUT2D eigenvalue weighted by Gasteiger charge is 2.15. The van der Waals surface area contributed by atoms with E-state index in [2.05, 4.69) is 21.2 Å². The molecule has 0 fully saturated rings. The Hall–Kier alpha value is -2.31. The molecule has 0 saturated carbocycles. The van der Waals surface area contributed by atoms with Crippen LogP contribution in [-0.4, -0.2) is 26.7 Å². The summed E-state index contributed by atoms with van der Waals surface area (Å²) in [5, 5.41) is 8.26. The minimum absolute atomic E-state index is 0.0962. The van der Waals surface area contributed by atoms with Crippen molar-refractivity contribution in [1.82, 2.24) is 15.2 Å². The highest BCUT2D eigenvalue weighted by molar-refractivity contribution is 7.99. The summed E-state index contributed by atoms with van der Waals surface area (Å²) in [5.74, 6) is 1.74. The maximum Gasteiger partial charge on any atom is 0.208 e. The molecule has 4 rings (SSSR count). The number of aromatic nitrogens is 3. The summed E-state index contributed by atoms with van der Waals surface area (Å²) in [5.41, 5.74) is 4.41. The highest BCUT2D eigenvalue weighted by Crippen LogP contribution is 2.24. The van der Waals surface area contributed by atoms with Crippen molar-refractivity contribution in [2.75, 3.05) is 5.75 Å². The molecule has 1 N–H and O–H groups in total. The molecule has 0 bridgehead atoms. The van der Waals surface area contributed by atoms with E-state index >= 15 is 0 Å². The molecule has 0 unspecified atom stereocenters. The van der Waals surface area contributed by atoms with Crippen LogP contribution in [0.15, 0.2) is 41.6 Å². The number of aromatic amines is 1. The number of nitrogens with zero attached hydrogens (tertiary/aromatic N) is 2. The van der Waals surface area contributed by atoms with Gasteiger partial charge in [-0.3, -0.25) is 9.89 Å². The first-order chi connectivity index (χ1) is 13.6. The number of carbonyl (C=O) groups excluding carboxylic acids is 1. The summed E-state index contributed by atoms with van der Waals surface area (Å²) in [7, 11) is 0. The van der Waals surface area contributed by atoms with Gasteiger partial charge in [-0.15, -0.1) is 5.10 Å². The molecule has 28 heavy (non-hydrogen) atoms. The average molecular weight is 414 g/mol. The molecular formula is C21H20ClN3O2S. The maximum absolute atomic E-state index is 12.5. The SMILES string of the molecule is Cc1cc(OCc2nc(SCC(=O)c3ccc4c(c3)CCC4)n[nH]2)ccc1Cl. The lowest BCUT2D eigenvalue weighted by molar-refractivity contribution is 0.102. The fraction of sp³-hybridized carbons (Fsp3) is 0.286. The number of ketones is 1. The molecule has 0 atom stereocenters. The van der Waals surface area contributed by atoms with Crippen molar-refractivity contribution in [3.63, 3.8) is 0 Å². The molecule has 0 aliphatic heterocycles. The van der Waals surface area contributed by atoms with Crippen LogP contribution in [-0.2, 0) is 19.4 Å². The van der Waals surface area contributed by atoms with E-state index in [-0.39, 0.29) is 12.4 Å². The Morgan fingerprint density at radius 3 is 2.93 bits per heavy atom. The molecule has 144 valence electrons. The second-order valence-electron chi connectivity index (χ2n) is 6.81. The fourth-order valence-corrected chi connectivity index (χ4v) is 4.05. The average Bonchev–Trinajstić information content (AvgIpc) is 3.35. The molecule has 1 aromatic heterocycles. The lowest BCUT2D eigenvalue weighted by Crippen LogP contribution is -2.03. The molecule has 1 aliphatic rings. The van der Waals surface area contributed by atoms with E-state index in [4.69, 9.17) is 16.3 Å². The van der Waals surface area contributed by atoms with E-state index in [0.717, 1.165) is 29.7 Å². The Bertz CT molecular complexity index is 1020. The van der Waals surface area contributed by atoms with Crippen LogP contribution in [0.3, 0.4) is 0 Å². The van der Waals surface area contributed by atoms with Crippen molar-refractivity contribution in [2.45, 2.75) is 37.9 Å². The smallest absolute Gasteiger partial charge is 0.208 e. The van der Waals surface area contributed by atoms with Gasteiger partial charge < -0.3 is 4.74 Å². The molecule has 7 heteroatoms. The third-order valence-corrected chi connectivity index (χ3v) is 6.04. The predicted molar refractivity (Wildman–Crippen MR) is 110 cm³/mol. The number of hydrogen-bond acceptors (Lipinski definition) is 5. The zero-order chi connectivity index (χ0) is 19.5. The van der Waals surface area contributed by atoms with E-state index < -0.39 is 0 Å². The van der Waals surface area contributed by atoms with Gasteiger partial charge in [-0.05, 0) is 67.1 Å². The molecule has 0 amide bonds. The van der Waals surface area contributed by atoms with Gasteiger partial charge in [0.2, 0.25) is 5.16 Å². The summed E-state index contributed by atoms with van der Waals surface area (Å²) in [6.07, 6.45) is 3.37. The number of aryl methyl sites for hydroxylation is 3. The van der Waals surface area contributed by atoms with Gasteiger partial charge in [0, 0.05) is 10.6 Å². The Kier molecular flexibility index (Phi) is 5.69. The molecule has 5 nitrogen and oxygen atoms in total. The number of carbonyl (C=O) groups is 1. The minimum atomic E-state index is 0.0962. The zero-order valence-corrected chi connectivity index (χ0v) is 17.1. The Morgan fingerprint density at radius 2 is 2.07 bits per heavy atom. The Labute approximate surface area is 172 Å². The second kappa shape index (κ2) is 8.37. The summed E-state index contributed by atoms with van der Waals surface area (Å²) in [6, 6.07) is 11.6. The summed E-state index contributed by atoms with van der Waals surface area (Å²) < 4.78 is 5.71. The third kappa shape index (κ3) is 4.39. The van der Waals surface area contributed by atoms with Gasteiger partial charge in [-0.1, -0.05) is 35.5 Å². The van der Waals surface area contributed by atoms with Gasteiger partial charge in [0.05, 0.1) is 5.75 Å². The van der Waals surface area contributed by atoms with Gasteiger partial charge in [-0.2, -0.15) is 0 Å². The lowest BCUT2D eigenvalue weighted by atomic mass is 10.0. The Morgan fingerprint density at radius 1 is 1.21 bits per heavy atom. The molecule has 0 saturated heterocycles. The number of Topliss-reactive ketones (excluding diaryl/α,β-unsaturated/α-hetero) is 1. The van der Waals surface area contributed by atoms with E-state index in [0.29, 0.717) is 21.8 Å². The second-order valence-corrected chi connectivity index (χ2v) is 8.16. The van der Waals surface area contributed by atoms with Crippen molar-refractivity contribution in [1.29, 1.82) is 0 Å². The first-order valence-electron chi connectivity index (χ1n) is 9.16. The molecule has 2 aromatic carbocycles. The van der Waals surface area contributed by atoms with Crippen LogP contribution in [0.25, 0.3) is 0 Å². The van der Waals surface area contributed by atoms with Gasteiger partial charge in [0.1, 0.15) is 12.4 Å². The van der Waals surface area contributed by atoms with E-state index in [1.807, 2.05) is 31.2 Å². The van der Waals surface area contributed by atoms with Crippen LogP contribution in [0.1, 0.15) is 39.3 Å². The van der Waals surface area contributed by atoms with Gasteiger partial charge in [0.15, 0.2) is 11.6 Å². The number of nitrogens with one attached hydrogen (secondary N) is 1. The van der Waals surface area contributed by atoms with Crippen molar-refractivity contribution >= 4 is 29.1 Å². The molecule has 1 aliphatic carbocycles. The molecule has 0 spiro atoms. The summed E-state index contributed by atoms with van der Waals surface area (Å²) >= 11 is 7.35. The van der Waals surface area contributed by atoms with Crippen LogP contribution in [0.4, 0.5) is 0 Å². The van der Waals surface area contributed by atoms with Crippen molar-refractivity contribution < 1.29 is 9.53 Å². The van der Waals surface area contributed by atoms with Crippen LogP contribution < -0.4 is 4.74 Å². The van der Waals surface area contributed by atoms with E-state index in [9.17, 15) is 4.79 Å². The quantitative estimate of drug-likeness (QED) is 0.444. The molecule has 1 heterocycles. The maximum atomic E-state index is 12.5. The number of benzene rings is 2. The van der Waals surface area contributed by atoms with Gasteiger partial charge >= 0.3 is 0 Å². The predicted octanol–water partition coefficient (Wildman–Crippen LogP) is 4.81. The number of hydrogen-bond donors (Lipinski definition) is 1. The van der Waals surface area contributed by atoms with Crippen LogP contribution >= 0.6 is 23.4 Å². The van der Waals surface area contributed by atoms with E-state index in [1.165, 1.54) is 29.3 Å². The minimum Gasteiger partial charge on any atom is -0.486 e. The van der Waals surface area contributed by atoms with Crippen LogP contribution in [0.5, 0.6) is 5.75 Å². The zero-order valence-electron chi connectivity index (χ0n) is 15.5. The molecule has 3 aromatic rings. The first kappa shape index (κ1) is 19.0. The van der Waals surface area contributed by atoms with Crippen molar-refractivity contribution in [3.8, 4) is 5.75 Å². The number of fused-ring (bicyclic) bond motifs is 1. The standard InChI is InChI=1S/C21H20ClN3O2S/c1-13-9-17(7-8-18(13)22)27-11-20-23-21(25-24-20)28-12-19(26)16-6-5-14-3-2-4-15(14)10-16/h5-10H,2-4,11-12H2,1H3,(H,23,24,25). The van der Waals surface area contributed by atoms with Crippen LogP contribution in [0.2, 0.25) is 5.02 Å². The number of thioether (sulfide) groups is 1. The first-order valence-corrected chi connectivity index (χ1v) is 10.5. The summed E-state index contributed by atoms with van der Waals surface area (Å²) in [6.45, 7) is 2.20. The molecular weight excluding hydrogens is 394 g/mol. The lowest BCUT2D eigenvalue weighted by Gasteiger charge is -2.05. The normalized spacial score (nSPS) is 12.8. The fourth-order valence-electron chi connectivity index (χ4n) is 3.22. The van der Waals surface area contributed by atoms with E-state index in [1.54, 1.807) is 6.07 Å². The number of ether oxygens (including phenoxy) is 1. The topological polar surface area (TPSA) is 67.9 Å². The van der Waals surface area contributed by atoms with Crippen molar-refractivity contribution in [2.24, 2.45) is 0 Å². The molecule has 0 radical (unpaired) electrons. The van der Waals surface area contributed by atoms with Crippen LogP contribution in [0, 0.1) is 6.92 Å². The van der Waals surface area contributed by atoms with Crippen molar-refractivity contribution in [3.05, 3.63) is 69.5 Å². The monoisotopic (exact) mass is 413 g/mol. The van der Waals surface area contributed by atoms with Gasteiger partial charge in [-0.25, -0.2) is 4.98 Å². The number of rotatable bonds is 7. The highest BCUT2D eigenvalue weighted by atomic mass is 35.5. The third-order valence-electron chi connectivity index (χ3n) is 4.77. The van der Waals surface area contributed by atoms with Gasteiger partial charge in [0.25, 0.3) is 0 Å². The number of H-pyrrole nitrogens is 1. The summed E-state index contributed by atoms with van der Waals surface area (Å²) in [4.78, 5) is 16.9. The largest absolute Gasteiger partial charge is 0.486 e. The Balaban J connectivity index is 1.30.